The fourth-order valence-electron chi connectivity index (χ4n) is 1.85. The Morgan fingerprint density at radius 3 is 2.68 bits per heavy atom. The molecule has 0 bridgehead atoms. The summed E-state index contributed by atoms with van der Waals surface area (Å²) in [6.45, 7) is 8.14. The molecule has 0 spiro atoms. The van der Waals surface area contributed by atoms with Crippen LogP contribution >= 0.6 is 12.4 Å². The van der Waals surface area contributed by atoms with Crippen molar-refractivity contribution >= 4 is 18.2 Å². The second kappa shape index (κ2) is 6.61. The van der Waals surface area contributed by atoms with Crippen LogP contribution in [0.25, 0.3) is 0 Å². The van der Waals surface area contributed by atoms with Gasteiger partial charge in [0.25, 0.3) is 0 Å². The molecule has 0 radical (unpaired) electrons. The van der Waals surface area contributed by atoms with Crippen molar-refractivity contribution in [3.63, 3.8) is 0 Å². The summed E-state index contributed by atoms with van der Waals surface area (Å²) in [6, 6.07) is 4.09. The first-order valence-corrected chi connectivity index (χ1v) is 6.31. The zero-order chi connectivity index (χ0) is 13.1. The lowest BCUT2D eigenvalue weighted by Crippen LogP contribution is -2.12. The van der Waals surface area contributed by atoms with E-state index in [-0.39, 0.29) is 12.4 Å². The molecule has 0 aliphatic carbocycles. The highest BCUT2D eigenvalue weighted by molar-refractivity contribution is 5.85. The highest BCUT2D eigenvalue weighted by atomic mass is 35.5. The number of aromatic nitrogens is 4. The molecule has 0 aromatic carbocycles. The van der Waals surface area contributed by atoms with E-state index in [1.54, 1.807) is 0 Å². The van der Waals surface area contributed by atoms with Gasteiger partial charge in [-0.05, 0) is 18.9 Å². The van der Waals surface area contributed by atoms with Crippen molar-refractivity contribution in [2.75, 3.05) is 5.32 Å². The van der Waals surface area contributed by atoms with E-state index < -0.39 is 0 Å². The van der Waals surface area contributed by atoms with Crippen LogP contribution in [0, 0.1) is 12.8 Å². The standard InChI is InChI=1S/C13H21N5.ClH/c1-10(2)9-18-12(5-6-15-18)8-14-13-7-11(3)17(4)16-13;/h5-7,10H,8-9H2,1-4H3,(H,14,16);1H. The monoisotopic (exact) mass is 283 g/mol. The maximum Gasteiger partial charge on any atom is 0.148 e. The van der Waals surface area contributed by atoms with Gasteiger partial charge in [-0.25, -0.2) is 0 Å². The minimum Gasteiger partial charge on any atom is -0.363 e. The van der Waals surface area contributed by atoms with Gasteiger partial charge in [-0.2, -0.15) is 10.2 Å². The van der Waals surface area contributed by atoms with Crippen LogP contribution in [0.3, 0.4) is 0 Å². The predicted molar refractivity (Wildman–Crippen MR) is 79.6 cm³/mol. The third kappa shape index (κ3) is 3.99. The Morgan fingerprint density at radius 2 is 2.11 bits per heavy atom. The second-order valence-corrected chi connectivity index (χ2v) is 5.05. The molecule has 0 saturated heterocycles. The molecular weight excluding hydrogens is 262 g/mol. The first kappa shape index (κ1) is 15.6. The normalized spacial score (nSPS) is 10.6. The smallest absolute Gasteiger partial charge is 0.148 e. The summed E-state index contributed by atoms with van der Waals surface area (Å²) in [5, 5.41) is 12.0. The van der Waals surface area contributed by atoms with Crippen LogP contribution in [0.5, 0.6) is 0 Å². The molecule has 6 heteroatoms. The molecule has 0 saturated carbocycles. The van der Waals surface area contributed by atoms with Crippen LogP contribution < -0.4 is 5.32 Å². The van der Waals surface area contributed by atoms with Crippen molar-refractivity contribution in [3.8, 4) is 0 Å². The van der Waals surface area contributed by atoms with Crippen molar-refractivity contribution in [1.82, 2.24) is 19.6 Å². The van der Waals surface area contributed by atoms with Gasteiger partial charge in [-0.3, -0.25) is 9.36 Å². The topological polar surface area (TPSA) is 47.7 Å². The van der Waals surface area contributed by atoms with Gasteiger partial charge in [0.15, 0.2) is 0 Å². The van der Waals surface area contributed by atoms with E-state index in [9.17, 15) is 0 Å². The number of rotatable bonds is 5. The van der Waals surface area contributed by atoms with Gasteiger partial charge in [0.05, 0.1) is 12.2 Å². The molecule has 5 nitrogen and oxygen atoms in total. The first-order chi connectivity index (χ1) is 8.56. The highest BCUT2D eigenvalue weighted by Gasteiger charge is 2.06. The van der Waals surface area contributed by atoms with Gasteiger partial charge >= 0.3 is 0 Å². The third-order valence-corrected chi connectivity index (χ3v) is 2.91. The molecule has 0 amide bonds. The van der Waals surface area contributed by atoms with Gasteiger partial charge in [-0.15, -0.1) is 12.4 Å². The average molecular weight is 284 g/mol. The van der Waals surface area contributed by atoms with Crippen molar-refractivity contribution in [2.45, 2.75) is 33.9 Å². The summed E-state index contributed by atoms with van der Waals surface area (Å²) in [4.78, 5) is 0. The Labute approximate surface area is 120 Å². The summed E-state index contributed by atoms with van der Waals surface area (Å²) in [5.74, 6) is 1.51. The molecule has 0 aliphatic heterocycles. The van der Waals surface area contributed by atoms with Crippen LogP contribution in [0.15, 0.2) is 18.3 Å². The lowest BCUT2D eigenvalue weighted by Gasteiger charge is -2.10. The summed E-state index contributed by atoms with van der Waals surface area (Å²) in [7, 11) is 1.95. The van der Waals surface area contributed by atoms with E-state index in [4.69, 9.17) is 0 Å². The van der Waals surface area contributed by atoms with E-state index in [1.165, 1.54) is 5.69 Å². The van der Waals surface area contributed by atoms with E-state index in [1.807, 2.05) is 41.7 Å². The Kier molecular flexibility index (Phi) is 5.42. The number of aryl methyl sites for hydroxylation is 2. The summed E-state index contributed by atoms with van der Waals surface area (Å²) < 4.78 is 3.92. The van der Waals surface area contributed by atoms with Crippen LogP contribution in [0.4, 0.5) is 5.82 Å². The molecule has 0 fully saturated rings. The van der Waals surface area contributed by atoms with E-state index in [0.29, 0.717) is 5.92 Å². The van der Waals surface area contributed by atoms with Gasteiger partial charge in [0.2, 0.25) is 0 Å². The zero-order valence-corrected chi connectivity index (χ0v) is 12.7. The number of halogens is 1. The van der Waals surface area contributed by atoms with Crippen LogP contribution in [0.2, 0.25) is 0 Å². The van der Waals surface area contributed by atoms with Crippen LogP contribution in [0.1, 0.15) is 25.2 Å². The molecule has 2 rings (SSSR count). The number of nitrogens with zero attached hydrogens (tertiary/aromatic N) is 4. The zero-order valence-electron chi connectivity index (χ0n) is 11.9. The van der Waals surface area contributed by atoms with Gasteiger partial charge in [0.1, 0.15) is 5.82 Å². The van der Waals surface area contributed by atoms with Gasteiger partial charge in [0, 0.05) is 31.5 Å². The largest absolute Gasteiger partial charge is 0.363 e. The molecule has 19 heavy (non-hydrogen) atoms. The van der Waals surface area contributed by atoms with E-state index in [2.05, 4.69) is 29.4 Å². The fraction of sp³-hybridized carbons (Fsp3) is 0.538. The Hall–Kier alpha value is -1.49. The molecular formula is C13H22ClN5. The van der Waals surface area contributed by atoms with E-state index in [0.717, 1.165) is 24.6 Å². The van der Waals surface area contributed by atoms with Gasteiger partial charge in [-0.1, -0.05) is 13.8 Å². The second-order valence-electron chi connectivity index (χ2n) is 5.05. The molecule has 2 aromatic rings. The lowest BCUT2D eigenvalue weighted by atomic mass is 10.2. The molecule has 0 aliphatic rings. The Bertz CT molecular complexity index is 495. The van der Waals surface area contributed by atoms with Crippen molar-refractivity contribution in [2.24, 2.45) is 13.0 Å². The number of hydrogen-bond acceptors (Lipinski definition) is 3. The SMILES string of the molecule is Cc1cc(NCc2ccnn2CC(C)C)nn1C.Cl. The van der Waals surface area contributed by atoms with Crippen molar-refractivity contribution in [1.29, 1.82) is 0 Å². The number of nitrogens with one attached hydrogen (secondary N) is 1. The van der Waals surface area contributed by atoms with Crippen LogP contribution in [-0.2, 0) is 20.1 Å². The van der Waals surface area contributed by atoms with Gasteiger partial charge < -0.3 is 5.32 Å². The summed E-state index contributed by atoms with van der Waals surface area (Å²) >= 11 is 0. The Balaban J connectivity index is 0.00000180. The number of anilines is 1. The quantitative estimate of drug-likeness (QED) is 0.918. The summed E-state index contributed by atoms with van der Waals surface area (Å²) in [6.07, 6.45) is 1.85. The molecule has 106 valence electrons. The fourth-order valence-corrected chi connectivity index (χ4v) is 1.85. The van der Waals surface area contributed by atoms with Crippen molar-refractivity contribution < 1.29 is 0 Å². The molecule has 2 heterocycles. The third-order valence-electron chi connectivity index (χ3n) is 2.91. The maximum absolute atomic E-state index is 4.38. The Morgan fingerprint density at radius 1 is 1.37 bits per heavy atom. The summed E-state index contributed by atoms with van der Waals surface area (Å²) in [5.41, 5.74) is 2.33. The maximum atomic E-state index is 4.38. The molecule has 0 unspecified atom stereocenters. The minimum atomic E-state index is 0. The van der Waals surface area contributed by atoms with Crippen molar-refractivity contribution in [3.05, 3.63) is 29.7 Å². The molecule has 0 atom stereocenters. The first-order valence-electron chi connectivity index (χ1n) is 6.31. The van der Waals surface area contributed by atoms with E-state index >= 15 is 0 Å². The average Bonchev–Trinajstić information content (AvgIpc) is 2.83. The van der Waals surface area contributed by atoms with Crippen LogP contribution in [-0.4, -0.2) is 19.6 Å². The predicted octanol–water partition coefficient (Wildman–Crippen LogP) is 2.61. The number of hydrogen-bond donors (Lipinski definition) is 1. The lowest BCUT2D eigenvalue weighted by molar-refractivity contribution is 0.470. The highest BCUT2D eigenvalue weighted by Crippen LogP contribution is 2.10. The molecule has 1 N–H and O–H groups in total. The minimum absolute atomic E-state index is 0. The molecule has 2 aromatic heterocycles.